The van der Waals surface area contributed by atoms with E-state index >= 15 is 0 Å². The molecule has 0 radical (unpaired) electrons. The Balaban J connectivity index is 2.74. The second-order valence-electron chi connectivity index (χ2n) is 3.13. The highest BCUT2D eigenvalue weighted by atomic mass is 19.1. The molecule has 0 bridgehead atoms. The average Bonchev–Trinajstić information content (AvgIpc) is 2.20. The van der Waals surface area contributed by atoms with Crippen LogP contribution in [0.1, 0.15) is 23.7 Å². The molecule has 0 aromatic heterocycles. The lowest BCUT2D eigenvalue weighted by Gasteiger charge is -2.06. The zero-order valence-electron chi connectivity index (χ0n) is 8.63. The Hall–Kier alpha value is -1.64. The monoisotopic (exact) mass is 208 g/mol. The lowest BCUT2D eigenvalue weighted by atomic mass is 10.1. The highest BCUT2D eigenvalue weighted by Gasteiger charge is 2.06. The van der Waals surface area contributed by atoms with Gasteiger partial charge in [0.2, 0.25) is 0 Å². The summed E-state index contributed by atoms with van der Waals surface area (Å²) in [4.78, 5) is 10.9. The van der Waals surface area contributed by atoms with Gasteiger partial charge in [-0.15, -0.1) is 6.58 Å². The molecule has 0 aliphatic carbocycles. The maximum atomic E-state index is 13.3. The lowest BCUT2D eigenvalue weighted by molar-refractivity contribution is 0.101. The van der Waals surface area contributed by atoms with Crippen LogP contribution < -0.4 is 4.74 Å². The van der Waals surface area contributed by atoms with Crippen molar-refractivity contribution < 1.29 is 13.9 Å². The summed E-state index contributed by atoms with van der Waals surface area (Å²) >= 11 is 0. The van der Waals surface area contributed by atoms with E-state index in [0.29, 0.717) is 18.6 Å². The van der Waals surface area contributed by atoms with Gasteiger partial charge in [0.05, 0.1) is 6.61 Å². The Morgan fingerprint density at radius 3 is 2.87 bits per heavy atom. The predicted molar refractivity (Wildman–Crippen MR) is 56.7 cm³/mol. The van der Waals surface area contributed by atoms with E-state index in [-0.39, 0.29) is 11.5 Å². The van der Waals surface area contributed by atoms with Gasteiger partial charge in [-0.3, -0.25) is 4.79 Å². The average molecular weight is 208 g/mol. The third-order valence-electron chi connectivity index (χ3n) is 1.92. The fraction of sp³-hybridized carbons (Fsp3) is 0.250. The van der Waals surface area contributed by atoms with Gasteiger partial charge in [0.15, 0.2) is 17.3 Å². The van der Waals surface area contributed by atoms with Crippen LogP contribution >= 0.6 is 0 Å². The molecule has 1 rings (SSSR count). The fourth-order valence-corrected chi connectivity index (χ4v) is 1.09. The normalized spacial score (nSPS) is 9.73. The molecule has 0 heterocycles. The summed E-state index contributed by atoms with van der Waals surface area (Å²) in [6.07, 6.45) is 2.36. The van der Waals surface area contributed by atoms with Gasteiger partial charge in [-0.05, 0) is 31.5 Å². The number of hydrogen-bond acceptors (Lipinski definition) is 2. The molecule has 1 aromatic carbocycles. The van der Waals surface area contributed by atoms with Crippen molar-refractivity contribution in [3.8, 4) is 5.75 Å². The number of halogens is 1. The summed E-state index contributed by atoms with van der Waals surface area (Å²) in [5.41, 5.74) is 0.351. The van der Waals surface area contributed by atoms with Crippen molar-refractivity contribution in [3.63, 3.8) is 0 Å². The second kappa shape index (κ2) is 5.29. The third kappa shape index (κ3) is 3.20. The molecule has 15 heavy (non-hydrogen) atoms. The first-order chi connectivity index (χ1) is 7.15. The molecule has 2 nitrogen and oxygen atoms in total. The molecule has 3 heteroatoms. The van der Waals surface area contributed by atoms with Crippen LogP contribution in [-0.2, 0) is 0 Å². The van der Waals surface area contributed by atoms with E-state index in [1.807, 2.05) is 0 Å². The molecule has 0 aliphatic rings. The number of carbonyl (C=O) groups is 1. The Morgan fingerprint density at radius 2 is 2.33 bits per heavy atom. The first-order valence-electron chi connectivity index (χ1n) is 4.69. The molecule has 80 valence electrons. The van der Waals surface area contributed by atoms with Crippen molar-refractivity contribution in [2.75, 3.05) is 6.61 Å². The van der Waals surface area contributed by atoms with Crippen molar-refractivity contribution in [3.05, 3.63) is 42.2 Å². The molecule has 0 aliphatic heterocycles. The molecule has 0 amide bonds. The van der Waals surface area contributed by atoms with E-state index < -0.39 is 5.82 Å². The fourth-order valence-electron chi connectivity index (χ4n) is 1.09. The van der Waals surface area contributed by atoms with E-state index in [1.54, 1.807) is 12.1 Å². The largest absolute Gasteiger partial charge is 0.490 e. The van der Waals surface area contributed by atoms with Crippen molar-refractivity contribution in [1.82, 2.24) is 0 Å². The molecule has 0 saturated carbocycles. The summed E-state index contributed by atoms with van der Waals surface area (Å²) in [6, 6.07) is 4.20. The van der Waals surface area contributed by atoms with E-state index in [1.165, 1.54) is 19.1 Å². The lowest BCUT2D eigenvalue weighted by Crippen LogP contribution is -2.00. The summed E-state index contributed by atoms with van der Waals surface area (Å²) in [6.45, 7) is 5.32. The quantitative estimate of drug-likeness (QED) is 0.422. The van der Waals surface area contributed by atoms with Gasteiger partial charge in [-0.2, -0.15) is 0 Å². The summed E-state index contributed by atoms with van der Waals surface area (Å²) < 4.78 is 18.5. The summed E-state index contributed by atoms with van der Waals surface area (Å²) in [5, 5.41) is 0. The smallest absolute Gasteiger partial charge is 0.165 e. The highest BCUT2D eigenvalue weighted by Crippen LogP contribution is 2.18. The minimum Gasteiger partial charge on any atom is -0.490 e. The van der Waals surface area contributed by atoms with Crippen LogP contribution in [0.4, 0.5) is 4.39 Å². The number of ketones is 1. The number of carbonyl (C=O) groups excluding carboxylic acids is 1. The van der Waals surface area contributed by atoms with Gasteiger partial charge in [0.25, 0.3) is 0 Å². The minimum atomic E-state index is -0.508. The van der Waals surface area contributed by atoms with Gasteiger partial charge in [-0.1, -0.05) is 6.08 Å². The second-order valence-corrected chi connectivity index (χ2v) is 3.13. The molecule has 0 spiro atoms. The predicted octanol–water partition coefficient (Wildman–Crippen LogP) is 2.98. The topological polar surface area (TPSA) is 26.3 Å². The van der Waals surface area contributed by atoms with Crippen molar-refractivity contribution in [2.45, 2.75) is 13.3 Å². The number of benzene rings is 1. The third-order valence-corrected chi connectivity index (χ3v) is 1.92. The molecular formula is C12H13FO2. The van der Waals surface area contributed by atoms with Crippen LogP contribution in [0, 0.1) is 5.82 Å². The summed E-state index contributed by atoms with van der Waals surface area (Å²) in [5.74, 6) is -0.500. The molecule has 0 atom stereocenters. The van der Waals surface area contributed by atoms with E-state index in [2.05, 4.69) is 6.58 Å². The number of ether oxygens (including phenoxy) is 1. The highest BCUT2D eigenvalue weighted by molar-refractivity contribution is 5.94. The maximum Gasteiger partial charge on any atom is 0.165 e. The van der Waals surface area contributed by atoms with Crippen LogP contribution in [0.2, 0.25) is 0 Å². The van der Waals surface area contributed by atoms with Crippen molar-refractivity contribution in [2.24, 2.45) is 0 Å². The molecule has 1 aromatic rings. The molecule has 0 fully saturated rings. The Morgan fingerprint density at radius 1 is 1.60 bits per heavy atom. The van der Waals surface area contributed by atoms with Crippen molar-refractivity contribution in [1.29, 1.82) is 0 Å². The zero-order valence-corrected chi connectivity index (χ0v) is 8.63. The van der Waals surface area contributed by atoms with Crippen LogP contribution in [0.5, 0.6) is 5.75 Å². The Bertz CT molecular complexity index is 372. The Kier molecular flexibility index (Phi) is 4.03. The zero-order chi connectivity index (χ0) is 11.3. The van der Waals surface area contributed by atoms with Crippen molar-refractivity contribution >= 4 is 5.78 Å². The van der Waals surface area contributed by atoms with Gasteiger partial charge in [-0.25, -0.2) is 4.39 Å². The van der Waals surface area contributed by atoms with Gasteiger partial charge >= 0.3 is 0 Å². The molecular weight excluding hydrogens is 195 g/mol. The number of Topliss-reactive ketones (excluding diaryl/α,β-unsaturated/α-hetero) is 1. The van der Waals surface area contributed by atoms with E-state index in [0.717, 1.165) is 0 Å². The molecule has 0 N–H and O–H groups in total. The maximum absolute atomic E-state index is 13.3. The first kappa shape index (κ1) is 11.4. The molecule has 0 saturated heterocycles. The van der Waals surface area contributed by atoms with E-state index in [4.69, 9.17) is 4.74 Å². The van der Waals surface area contributed by atoms with Gasteiger partial charge < -0.3 is 4.74 Å². The van der Waals surface area contributed by atoms with Gasteiger partial charge in [0, 0.05) is 5.56 Å². The minimum absolute atomic E-state index is 0.161. The number of hydrogen-bond donors (Lipinski definition) is 0. The molecule has 0 unspecified atom stereocenters. The standard InChI is InChI=1S/C12H13FO2/c1-3-4-7-15-12-6-5-10(9(2)14)8-11(12)13/h3,5-6,8H,1,4,7H2,2H3. The van der Waals surface area contributed by atoms with Gasteiger partial charge in [0.1, 0.15) is 0 Å². The van der Waals surface area contributed by atoms with E-state index in [9.17, 15) is 9.18 Å². The van der Waals surface area contributed by atoms with Crippen LogP contribution in [0.3, 0.4) is 0 Å². The summed E-state index contributed by atoms with van der Waals surface area (Å²) in [7, 11) is 0. The Labute approximate surface area is 88.4 Å². The van der Waals surface area contributed by atoms with Crippen LogP contribution in [0.15, 0.2) is 30.9 Å². The first-order valence-corrected chi connectivity index (χ1v) is 4.69. The SMILES string of the molecule is C=CCCOc1ccc(C(C)=O)cc1F. The number of rotatable bonds is 5. The van der Waals surface area contributed by atoms with Crippen LogP contribution in [0.25, 0.3) is 0 Å². The van der Waals surface area contributed by atoms with Crippen LogP contribution in [-0.4, -0.2) is 12.4 Å².